The zero-order valence-corrected chi connectivity index (χ0v) is 18.5. The number of benzene rings is 2. The number of hydrogen-bond donors (Lipinski definition) is 1. The highest BCUT2D eigenvalue weighted by Gasteiger charge is 2.22. The maximum absolute atomic E-state index is 13.8. The molecule has 33 heavy (non-hydrogen) atoms. The van der Waals surface area contributed by atoms with Crippen LogP contribution in [-0.4, -0.2) is 27.6 Å². The maximum atomic E-state index is 13.8. The van der Waals surface area contributed by atoms with Crippen LogP contribution in [0, 0.1) is 0 Å². The molecule has 4 aromatic rings. The number of ether oxygens (including phenoxy) is 1. The predicted molar refractivity (Wildman–Crippen MR) is 123 cm³/mol. The van der Waals surface area contributed by atoms with Crippen molar-refractivity contribution >= 4 is 17.2 Å². The number of aromatic nitrogens is 3. The van der Waals surface area contributed by atoms with Crippen LogP contribution in [0.15, 0.2) is 60.8 Å². The fourth-order valence-corrected chi connectivity index (χ4v) is 3.54. The quantitative estimate of drug-likeness (QED) is 0.369. The lowest BCUT2D eigenvalue weighted by Gasteiger charge is -2.11. The third kappa shape index (κ3) is 4.55. The highest BCUT2D eigenvalue weighted by molar-refractivity contribution is 6.08. The lowest BCUT2D eigenvalue weighted by molar-refractivity contribution is 0.102. The normalized spacial score (nSPS) is 12.2. The molecule has 1 amide bonds. The molecule has 2 heterocycles. The molecule has 0 radical (unpaired) electrons. The van der Waals surface area contributed by atoms with E-state index in [4.69, 9.17) is 4.74 Å². The van der Waals surface area contributed by atoms with E-state index in [2.05, 4.69) is 29.2 Å². The molecule has 0 spiro atoms. The van der Waals surface area contributed by atoms with Gasteiger partial charge in [-0.25, -0.2) is 18.3 Å². The molecule has 0 aliphatic rings. The lowest BCUT2D eigenvalue weighted by atomic mass is 9.99. The Labute approximate surface area is 190 Å². The molecule has 0 fully saturated rings. The average molecular weight is 450 g/mol. The molecule has 6 nitrogen and oxygen atoms in total. The van der Waals surface area contributed by atoms with Gasteiger partial charge in [0.2, 0.25) is 0 Å². The molecule has 1 N–H and O–H groups in total. The van der Waals surface area contributed by atoms with E-state index in [1.807, 2.05) is 24.3 Å². The van der Waals surface area contributed by atoms with Crippen molar-refractivity contribution in [1.82, 2.24) is 14.6 Å². The maximum Gasteiger partial charge on any atom is 0.280 e. The number of rotatable bonds is 7. The Morgan fingerprint density at radius 1 is 1.12 bits per heavy atom. The van der Waals surface area contributed by atoms with Gasteiger partial charge in [0.1, 0.15) is 17.0 Å². The van der Waals surface area contributed by atoms with Crippen LogP contribution in [0.3, 0.4) is 0 Å². The van der Waals surface area contributed by atoms with Gasteiger partial charge in [-0.2, -0.15) is 5.10 Å². The van der Waals surface area contributed by atoms with Crippen LogP contribution in [0.25, 0.3) is 16.9 Å². The summed E-state index contributed by atoms with van der Waals surface area (Å²) in [5.41, 5.74) is 2.54. The Morgan fingerprint density at radius 2 is 1.82 bits per heavy atom. The van der Waals surface area contributed by atoms with Crippen molar-refractivity contribution in [3.63, 3.8) is 0 Å². The Hall–Kier alpha value is -3.81. The molecular formula is C25H24F2N4O2. The second kappa shape index (κ2) is 9.36. The summed E-state index contributed by atoms with van der Waals surface area (Å²) in [6.07, 6.45) is -0.520. The molecular weight excluding hydrogens is 426 g/mol. The number of hydrogen-bond acceptors (Lipinski definition) is 4. The molecule has 0 bridgehead atoms. The number of nitrogens with zero attached hydrogens (tertiary/aromatic N) is 3. The SMILES string of the molecule is CCC(C)c1ccc(NC(=O)c2cnn3c(C(F)F)cc(-c4ccc(OC)cc4)nc23)cc1. The van der Waals surface area contributed by atoms with Gasteiger partial charge in [-0.05, 0) is 60.4 Å². The van der Waals surface area contributed by atoms with Gasteiger partial charge < -0.3 is 10.1 Å². The van der Waals surface area contributed by atoms with Crippen molar-refractivity contribution in [3.05, 3.63) is 77.6 Å². The van der Waals surface area contributed by atoms with Crippen LogP contribution < -0.4 is 10.1 Å². The van der Waals surface area contributed by atoms with E-state index >= 15 is 0 Å². The number of alkyl halides is 2. The summed E-state index contributed by atoms with van der Waals surface area (Å²) in [6, 6.07) is 15.7. The standard InChI is InChI=1S/C25H24F2N4O2/c1-4-15(2)16-5-9-18(10-6-16)29-25(32)20-14-28-31-22(23(26)27)13-21(30-24(20)31)17-7-11-19(33-3)12-8-17/h5-15,23H,4H2,1-3H3,(H,29,32). The number of amides is 1. The van der Waals surface area contributed by atoms with Crippen LogP contribution in [0.5, 0.6) is 5.75 Å². The van der Waals surface area contributed by atoms with Crippen molar-refractivity contribution in [2.45, 2.75) is 32.6 Å². The summed E-state index contributed by atoms with van der Waals surface area (Å²) in [5.74, 6) is 0.585. The topological polar surface area (TPSA) is 68.5 Å². The zero-order valence-electron chi connectivity index (χ0n) is 18.5. The second-order valence-electron chi connectivity index (χ2n) is 7.77. The largest absolute Gasteiger partial charge is 0.497 e. The highest BCUT2D eigenvalue weighted by Crippen LogP contribution is 2.28. The van der Waals surface area contributed by atoms with Crippen LogP contribution in [0.2, 0.25) is 0 Å². The van der Waals surface area contributed by atoms with Gasteiger partial charge in [0.25, 0.3) is 12.3 Å². The highest BCUT2D eigenvalue weighted by atomic mass is 19.3. The number of halogens is 2. The van der Waals surface area contributed by atoms with E-state index in [0.29, 0.717) is 28.6 Å². The van der Waals surface area contributed by atoms with Crippen LogP contribution in [0.1, 0.15) is 54.2 Å². The summed E-state index contributed by atoms with van der Waals surface area (Å²) in [5, 5.41) is 6.81. The number of methoxy groups -OCH3 is 1. The first-order valence-electron chi connectivity index (χ1n) is 10.6. The Balaban J connectivity index is 1.70. The van der Waals surface area contributed by atoms with Crippen LogP contribution in [-0.2, 0) is 0 Å². The molecule has 1 unspecified atom stereocenters. The number of nitrogens with one attached hydrogen (secondary N) is 1. The molecule has 8 heteroatoms. The Kier molecular flexibility index (Phi) is 6.35. The van der Waals surface area contributed by atoms with Gasteiger partial charge in [-0.3, -0.25) is 4.79 Å². The van der Waals surface area contributed by atoms with Gasteiger partial charge in [-0.15, -0.1) is 0 Å². The Morgan fingerprint density at radius 3 is 2.42 bits per heavy atom. The zero-order chi connectivity index (χ0) is 23.5. The van der Waals surface area contributed by atoms with Crippen molar-refractivity contribution in [2.75, 3.05) is 12.4 Å². The van der Waals surface area contributed by atoms with Crippen molar-refractivity contribution in [1.29, 1.82) is 0 Å². The minimum absolute atomic E-state index is 0.0624. The molecule has 2 aromatic carbocycles. The molecule has 0 saturated heterocycles. The van der Waals surface area contributed by atoms with Gasteiger partial charge in [-0.1, -0.05) is 26.0 Å². The molecule has 4 rings (SSSR count). The first-order valence-corrected chi connectivity index (χ1v) is 10.6. The van der Waals surface area contributed by atoms with E-state index in [0.717, 1.165) is 10.9 Å². The Bertz CT molecular complexity index is 1270. The van der Waals surface area contributed by atoms with Gasteiger partial charge >= 0.3 is 0 Å². The van der Waals surface area contributed by atoms with E-state index in [1.54, 1.807) is 31.4 Å². The smallest absolute Gasteiger partial charge is 0.280 e. The van der Waals surface area contributed by atoms with Crippen molar-refractivity contribution in [2.24, 2.45) is 0 Å². The lowest BCUT2D eigenvalue weighted by Crippen LogP contribution is -2.13. The minimum atomic E-state index is -2.79. The second-order valence-corrected chi connectivity index (χ2v) is 7.77. The molecule has 0 saturated carbocycles. The first kappa shape index (κ1) is 22.4. The number of fused-ring (bicyclic) bond motifs is 1. The third-order valence-electron chi connectivity index (χ3n) is 5.70. The molecule has 2 aromatic heterocycles. The molecule has 1 atom stereocenters. The van der Waals surface area contributed by atoms with E-state index in [9.17, 15) is 13.6 Å². The van der Waals surface area contributed by atoms with Crippen LogP contribution in [0.4, 0.5) is 14.5 Å². The summed E-state index contributed by atoms with van der Waals surface area (Å²) in [7, 11) is 1.54. The van der Waals surface area contributed by atoms with Crippen LogP contribution >= 0.6 is 0 Å². The summed E-state index contributed by atoms with van der Waals surface area (Å²) >= 11 is 0. The van der Waals surface area contributed by atoms with E-state index < -0.39 is 12.3 Å². The first-order chi connectivity index (χ1) is 15.9. The fourth-order valence-electron chi connectivity index (χ4n) is 3.54. The number of anilines is 1. The van der Waals surface area contributed by atoms with Crippen molar-refractivity contribution in [3.8, 4) is 17.0 Å². The minimum Gasteiger partial charge on any atom is -0.497 e. The summed E-state index contributed by atoms with van der Waals surface area (Å²) in [6.45, 7) is 4.26. The predicted octanol–water partition coefficient (Wildman–Crippen LogP) is 6.11. The van der Waals surface area contributed by atoms with Crippen molar-refractivity contribution < 1.29 is 18.3 Å². The van der Waals surface area contributed by atoms with E-state index in [1.165, 1.54) is 17.8 Å². The van der Waals surface area contributed by atoms with Gasteiger partial charge in [0.05, 0.1) is 19.0 Å². The monoisotopic (exact) mass is 450 g/mol. The summed E-state index contributed by atoms with van der Waals surface area (Å²) in [4.78, 5) is 17.4. The fraction of sp³-hybridized carbons (Fsp3) is 0.240. The molecule has 170 valence electrons. The molecule has 0 aliphatic carbocycles. The van der Waals surface area contributed by atoms with Gasteiger partial charge in [0.15, 0.2) is 5.65 Å². The summed E-state index contributed by atoms with van der Waals surface area (Å²) < 4.78 is 33.7. The van der Waals surface area contributed by atoms with Gasteiger partial charge in [0, 0.05) is 11.3 Å². The molecule has 0 aliphatic heterocycles. The van der Waals surface area contributed by atoms with E-state index in [-0.39, 0.29) is 16.9 Å². The third-order valence-corrected chi connectivity index (χ3v) is 5.70. The average Bonchev–Trinajstić information content (AvgIpc) is 3.27. The number of carbonyl (C=O) groups excluding carboxylic acids is 1. The number of carbonyl (C=O) groups is 1.